The van der Waals surface area contributed by atoms with Crippen molar-refractivity contribution >= 4 is 0 Å². The summed E-state index contributed by atoms with van der Waals surface area (Å²) < 4.78 is 4.82. The normalized spacial score (nSPS) is 13.4. The smallest absolute Gasteiger partial charge is 0.305 e. The first-order chi connectivity index (χ1) is 4.09. The lowest BCUT2D eigenvalue weighted by Gasteiger charge is -2.04. The van der Waals surface area contributed by atoms with E-state index in [-0.39, 0.29) is 0 Å². The van der Waals surface area contributed by atoms with Gasteiger partial charge in [0.2, 0.25) is 0 Å². The summed E-state index contributed by atoms with van der Waals surface area (Å²) in [6, 6.07) is 0. The van der Waals surface area contributed by atoms with E-state index in [0.717, 1.165) is 5.70 Å². The van der Waals surface area contributed by atoms with Crippen molar-refractivity contribution in [2.24, 2.45) is 11.7 Å². The summed E-state index contributed by atoms with van der Waals surface area (Å²) in [6.45, 7) is 4.00. The lowest BCUT2D eigenvalue weighted by molar-refractivity contribution is -0.355. The third kappa shape index (κ3) is 2.37. The highest BCUT2D eigenvalue weighted by molar-refractivity contribution is 4.98. The van der Waals surface area contributed by atoms with Crippen molar-refractivity contribution in [3.8, 4) is 0 Å². The molecule has 0 amide bonds. The molecule has 0 saturated heterocycles. The molecule has 0 aromatic rings. The summed E-state index contributed by atoms with van der Waals surface area (Å²) in [4.78, 5) is 0. The number of quaternary nitrogens is 1. The molecule has 0 aromatic heterocycles. The first kappa shape index (κ1) is 8.30. The van der Waals surface area contributed by atoms with E-state index < -0.39 is 0 Å². The zero-order valence-corrected chi connectivity index (χ0v) is 6.27. The number of hydrogen-bond donors (Lipinski definition) is 2. The van der Waals surface area contributed by atoms with Crippen molar-refractivity contribution in [3.05, 3.63) is 11.6 Å². The highest BCUT2D eigenvalue weighted by atomic mass is 16.5. The SMILES string of the molecule is COC([NH3+])=C(N)C(C)C. The maximum absolute atomic E-state index is 5.56. The number of allylic oxidation sites excluding steroid dienone is 1. The molecule has 3 nitrogen and oxygen atoms in total. The van der Waals surface area contributed by atoms with Crippen LogP contribution in [0.5, 0.6) is 0 Å². The molecular weight excluding hydrogens is 116 g/mol. The molecule has 0 aliphatic heterocycles. The van der Waals surface area contributed by atoms with E-state index in [0.29, 0.717) is 11.8 Å². The van der Waals surface area contributed by atoms with Gasteiger partial charge >= 0.3 is 5.88 Å². The van der Waals surface area contributed by atoms with E-state index in [1.807, 2.05) is 13.8 Å². The zero-order valence-electron chi connectivity index (χ0n) is 6.27. The number of hydrogen-bond acceptors (Lipinski definition) is 2. The lowest BCUT2D eigenvalue weighted by atomic mass is 10.1. The Labute approximate surface area is 55.7 Å². The quantitative estimate of drug-likeness (QED) is 0.503. The van der Waals surface area contributed by atoms with Crippen LogP contribution in [0.3, 0.4) is 0 Å². The average molecular weight is 131 g/mol. The number of nitrogens with two attached hydrogens (primary N) is 1. The Balaban J connectivity index is 4.10. The molecule has 5 N–H and O–H groups in total. The topological polar surface area (TPSA) is 62.9 Å². The molecule has 0 spiro atoms. The van der Waals surface area contributed by atoms with Crippen LogP contribution in [0.2, 0.25) is 0 Å². The Morgan fingerprint density at radius 1 is 1.56 bits per heavy atom. The van der Waals surface area contributed by atoms with Crippen LogP contribution in [0.4, 0.5) is 0 Å². The van der Waals surface area contributed by atoms with Crippen molar-refractivity contribution in [2.45, 2.75) is 13.8 Å². The molecule has 0 heterocycles. The van der Waals surface area contributed by atoms with Crippen LogP contribution in [-0.2, 0) is 4.74 Å². The van der Waals surface area contributed by atoms with Gasteiger partial charge in [-0.15, -0.1) is 0 Å². The van der Waals surface area contributed by atoms with E-state index in [1.54, 1.807) is 7.11 Å². The van der Waals surface area contributed by atoms with E-state index in [9.17, 15) is 0 Å². The summed E-state index contributed by atoms with van der Waals surface area (Å²) in [5.74, 6) is 0.891. The standard InChI is InChI=1S/C6H14N2O/c1-4(2)5(7)6(8)9-3/h4H,7-8H2,1-3H3/p+1. The van der Waals surface area contributed by atoms with Crippen molar-refractivity contribution in [3.63, 3.8) is 0 Å². The fourth-order valence-electron chi connectivity index (χ4n) is 0.440. The van der Waals surface area contributed by atoms with Gasteiger partial charge in [0.05, 0.1) is 7.11 Å². The molecule has 0 fully saturated rings. The molecule has 54 valence electrons. The summed E-state index contributed by atoms with van der Waals surface area (Å²) in [5.41, 5.74) is 9.89. The molecule has 0 unspecified atom stereocenters. The fourth-order valence-corrected chi connectivity index (χ4v) is 0.440. The predicted octanol–water partition coefficient (Wildman–Crippen LogP) is -0.341. The Hall–Kier alpha value is -0.700. The lowest BCUT2D eigenvalue weighted by Crippen LogP contribution is -2.50. The van der Waals surface area contributed by atoms with Crippen LogP contribution in [0.15, 0.2) is 11.6 Å². The summed E-state index contributed by atoms with van der Waals surface area (Å²) in [6.07, 6.45) is 0. The minimum Gasteiger partial charge on any atom is -0.454 e. The summed E-state index contributed by atoms with van der Waals surface area (Å²) in [7, 11) is 1.57. The highest BCUT2D eigenvalue weighted by Gasteiger charge is 2.05. The highest BCUT2D eigenvalue weighted by Crippen LogP contribution is 2.03. The van der Waals surface area contributed by atoms with E-state index in [4.69, 9.17) is 10.5 Å². The minimum absolute atomic E-state index is 0.317. The summed E-state index contributed by atoms with van der Waals surface area (Å²) in [5, 5.41) is 0. The Morgan fingerprint density at radius 3 is 2.11 bits per heavy atom. The molecule has 0 aliphatic carbocycles. The van der Waals surface area contributed by atoms with Crippen molar-refractivity contribution in [2.75, 3.05) is 7.11 Å². The van der Waals surface area contributed by atoms with Gasteiger partial charge in [-0.3, -0.25) is 5.73 Å². The van der Waals surface area contributed by atoms with Crippen LogP contribution < -0.4 is 11.5 Å². The monoisotopic (exact) mass is 131 g/mol. The van der Waals surface area contributed by atoms with Crippen molar-refractivity contribution in [1.82, 2.24) is 0 Å². The maximum Gasteiger partial charge on any atom is 0.305 e. The van der Waals surface area contributed by atoms with E-state index in [2.05, 4.69) is 5.73 Å². The van der Waals surface area contributed by atoms with Gasteiger partial charge in [-0.05, 0) is 0 Å². The van der Waals surface area contributed by atoms with Crippen LogP contribution in [-0.4, -0.2) is 7.11 Å². The molecule has 0 atom stereocenters. The molecule has 0 bridgehead atoms. The molecular formula is C6H15N2O+. The molecule has 0 saturated carbocycles. The van der Waals surface area contributed by atoms with Gasteiger partial charge in [-0.1, -0.05) is 13.8 Å². The van der Waals surface area contributed by atoms with E-state index >= 15 is 0 Å². The Kier molecular flexibility index (Phi) is 3.09. The van der Waals surface area contributed by atoms with Crippen molar-refractivity contribution in [1.29, 1.82) is 0 Å². The molecule has 3 heteroatoms. The van der Waals surface area contributed by atoms with Gasteiger partial charge in [0.1, 0.15) is 5.70 Å². The molecule has 0 rings (SSSR count). The molecule has 9 heavy (non-hydrogen) atoms. The third-order valence-electron chi connectivity index (χ3n) is 1.19. The second kappa shape index (κ2) is 3.35. The maximum atomic E-state index is 5.56. The van der Waals surface area contributed by atoms with Crippen LogP contribution in [0.25, 0.3) is 0 Å². The number of rotatable bonds is 2. The van der Waals surface area contributed by atoms with Gasteiger partial charge < -0.3 is 10.5 Å². The average Bonchev–Trinajstić information content (AvgIpc) is 1.84. The Morgan fingerprint density at radius 2 is 2.00 bits per heavy atom. The van der Waals surface area contributed by atoms with Crippen LogP contribution in [0.1, 0.15) is 13.8 Å². The molecule has 0 aliphatic rings. The number of methoxy groups -OCH3 is 1. The first-order valence-corrected chi connectivity index (χ1v) is 2.95. The van der Waals surface area contributed by atoms with Gasteiger partial charge in [0.15, 0.2) is 0 Å². The first-order valence-electron chi connectivity index (χ1n) is 2.95. The van der Waals surface area contributed by atoms with Gasteiger partial charge in [0, 0.05) is 5.92 Å². The van der Waals surface area contributed by atoms with Crippen LogP contribution in [0, 0.1) is 5.92 Å². The van der Waals surface area contributed by atoms with E-state index in [1.165, 1.54) is 0 Å². The zero-order chi connectivity index (χ0) is 7.44. The largest absolute Gasteiger partial charge is 0.454 e. The number of ether oxygens (including phenoxy) is 1. The van der Waals surface area contributed by atoms with Gasteiger partial charge in [0.25, 0.3) is 0 Å². The second-order valence-electron chi connectivity index (χ2n) is 2.24. The van der Waals surface area contributed by atoms with Gasteiger partial charge in [-0.25, -0.2) is 0 Å². The summed E-state index contributed by atoms with van der Waals surface area (Å²) >= 11 is 0. The minimum atomic E-state index is 0.317. The predicted molar refractivity (Wildman–Crippen MR) is 35.9 cm³/mol. The fraction of sp³-hybridized carbons (Fsp3) is 0.667. The van der Waals surface area contributed by atoms with Crippen LogP contribution >= 0.6 is 0 Å². The van der Waals surface area contributed by atoms with Crippen molar-refractivity contribution < 1.29 is 10.5 Å². The van der Waals surface area contributed by atoms with Gasteiger partial charge in [-0.2, -0.15) is 0 Å². The Bertz CT molecular complexity index is 118. The molecule has 0 aromatic carbocycles. The third-order valence-corrected chi connectivity index (χ3v) is 1.19. The second-order valence-corrected chi connectivity index (χ2v) is 2.24. The molecule has 0 radical (unpaired) electrons.